The molecule has 6 nitrogen and oxygen atoms in total. The number of allylic oxidation sites excluding steroid dienone is 3. The quantitative estimate of drug-likeness (QED) is 0.490. The lowest BCUT2D eigenvalue weighted by Gasteiger charge is -2.37. The molecule has 1 heterocycles. The predicted octanol–water partition coefficient (Wildman–Crippen LogP) is 5.88. The Labute approximate surface area is 210 Å². The summed E-state index contributed by atoms with van der Waals surface area (Å²) in [6, 6.07) is 22.0. The summed E-state index contributed by atoms with van der Waals surface area (Å²) >= 11 is 0. The number of rotatable bonds is 5. The van der Waals surface area contributed by atoms with Crippen molar-refractivity contribution in [2.24, 2.45) is 11.1 Å². The van der Waals surface area contributed by atoms with Crippen molar-refractivity contribution in [3.8, 4) is 17.6 Å². The Kier molecular flexibility index (Phi) is 5.93. The van der Waals surface area contributed by atoms with Crippen LogP contribution in [0, 0.1) is 16.7 Å². The number of hydrogen-bond donors (Lipinski definition) is 1. The van der Waals surface area contributed by atoms with E-state index in [0.717, 1.165) is 21.9 Å². The number of methoxy groups -OCH3 is 1. The number of nitrogens with zero attached hydrogens (tertiary/aromatic N) is 1. The molecule has 0 saturated carbocycles. The maximum Gasteiger partial charge on any atom is 0.205 e. The van der Waals surface area contributed by atoms with Gasteiger partial charge in [-0.15, -0.1) is 0 Å². The van der Waals surface area contributed by atoms with Crippen molar-refractivity contribution in [2.75, 3.05) is 7.11 Å². The van der Waals surface area contributed by atoms with Crippen LogP contribution in [0.25, 0.3) is 10.8 Å². The number of carbonyl (C=O) groups is 1. The molecule has 3 aromatic carbocycles. The van der Waals surface area contributed by atoms with Gasteiger partial charge in [0, 0.05) is 18.4 Å². The molecule has 36 heavy (non-hydrogen) atoms. The minimum atomic E-state index is -0.608. The van der Waals surface area contributed by atoms with Crippen molar-refractivity contribution in [3.63, 3.8) is 0 Å². The topological polar surface area (TPSA) is 94.6 Å². The minimum Gasteiger partial charge on any atom is -0.493 e. The van der Waals surface area contributed by atoms with Crippen LogP contribution >= 0.6 is 0 Å². The summed E-state index contributed by atoms with van der Waals surface area (Å²) in [5.41, 5.74) is 8.45. The lowest BCUT2D eigenvalue weighted by atomic mass is 9.70. The first-order valence-electron chi connectivity index (χ1n) is 11.9. The molecule has 1 aliphatic heterocycles. The standard InChI is InChI=1S/C30H28N2O4/c1-30(2)14-23(33)28-26(15-30)36-29(32)22(16-31)27(28)19-11-12-24(25(13-19)34-3)35-17-20-9-6-8-18-7-4-5-10-21(18)20/h4-13,27H,14-15,17,32H2,1-3H3. The van der Waals surface area contributed by atoms with Gasteiger partial charge in [-0.05, 0) is 39.4 Å². The van der Waals surface area contributed by atoms with Crippen molar-refractivity contribution in [1.82, 2.24) is 0 Å². The molecule has 0 amide bonds. The third kappa shape index (κ3) is 4.18. The molecule has 0 spiro atoms. The molecular formula is C30H28N2O4. The fraction of sp³-hybridized carbons (Fsp3) is 0.267. The summed E-state index contributed by atoms with van der Waals surface area (Å²) in [5.74, 6) is 1.04. The van der Waals surface area contributed by atoms with E-state index in [9.17, 15) is 10.1 Å². The van der Waals surface area contributed by atoms with E-state index >= 15 is 0 Å². The maximum atomic E-state index is 13.2. The van der Waals surface area contributed by atoms with Crippen LogP contribution in [0.3, 0.4) is 0 Å². The Bertz CT molecular complexity index is 1470. The molecule has 0 fully saturated rings. The van der Waals surface area contributed by atoms with Crippen LogP contribution in [0.4, 0.5) is 0 Å². The van der Waals surface area contributed by atoms with Gasteiger partial charge in [-0.1, -0.05) is 62.4 Å². The number of ether oxygens (including phenoxy) is 3. The average molecular weight is 481 g/mol. The second kappa shape index (κ2) is 9.09. The van der Waals surface area contributed by atoms with Crippen LogP contribution in [0.5, 0.6) is 11.5 Å². The third-order valence-corrected chi connectivity index (χ3v) is 6.86. The average Bonchev–Trinajstić information content (AvgIpc) is 2.85. The fourth-order valence-corrected chi connectivity index (χ4v) is 5.17. The largest absolute Gasteiger partial charge is 0.493 e. The summed E-state index contributed by atoms with van der Waals surface area (Å²) in [6.45, 7) is 4.42. The zero-order valence-electron chi connectivity index (χ0n) is 20.6. The van der Waals surface area contributed by atoms with Crippen LogP contribution in [0.2, 0.25) is 0 Å². The van der Waals surface area contributed by atoms with Gasteiger partial charge in [0.15, 0.2) is 17.3 Å². The van der Waals surface area contributed by atoms with E-state index in [1.807, 2.05) is 56.3 Å². The highest BCUT2D eigenvalue weighted by molar-refractivity contribution is 6.00. The molecule has 182 valence electrons. The highest BCUT2D eigenvalue weighted by atomic mass is 16.5. The first-order valence-corrected chi connectivity index (χ1v) is 11.9. The molecule has 0 bridgehead atoms. The van der Waals surface area contributed by atoms with Gasteiger partial charge in [0.25, 0.3) is 0 Å². The van der Waals surface area contributed by atoms with Crippen molar-refractivity contribution >= 4 is 16.6 Å². The van der Waals surface area contributed by atoms with Crippen LogP contribution in [-0.4, -0.2) is 12.9 Å². The Morgan fingerprint density at radius 3 is 2.64 bits per heavy atom. The second-order valence-electron chi connectivity index (χ2n) is 10.0. The Morgan fingerprint density at radius 1 is 1.08 bits per heavy atom. The Balaban J connectivity index is 1.49. The molecule has 1 unspecified atom stereocenters. The third-order valence-electron chi connectivity index (χ3n) is 6.86. The van der Waals surface area contributed by atoms with E-state index in [1.54, 1.807) is 7.11 Å². The summed E-state index contributed by atoms with van der Waals surface area (Å²) in [5, 5.41) is 12.2. The van der Waals surface area contributed by atoms with E-state index in [2.05, 4.69) is 24.3 Å². The van der Waals surface area contributed by atoms with Crippen molar-refractivity contribution < 1.29 is 19.0 Å². The number of fused-ring (bicyclic) bond motifs is 1. The molecule has 2 N–H and O–H groups in total. The number of benzene rings is 3. The lowest BCUT2D eigenvalue weighted by molar-refractivity contribution is -0.119. The first kappa shape index (κ1) is 23.5. The molecule has 5 rings (SSSR count). The Hall–Kier alpha value is -4.24. The second-order valence-corrected chi connectivity index (χ2v) is 10.0. The van der Waals surface area contributed by atoms with E-state index in [4.69, 9.17) is 19.9 Å². The van der Waals surface area contributed by atoms with Crippen molar-refractivity contribution in [3.05, 3.63) is 94.6 Å². The smallest absolute Gasteiger partial charge is 0.205 e. The van der Waals surface area contributed by atoms with Gasteiger partial charge in [-0.3, -0.25) is 4.79 Å². The molecule has 3 aromatic rings. The van der Waals surface area contributed by atoms with Crippen LogP contribution < -0.4 is 15.2 Å². The summed E-state index contributed by atoms with van der Waals surface area (Å²) < 4.78 is 17.6. The van der Waals surface area contributed by atoms with Crippen molar-refractivity contribution in [1.29, 1.82) is 5.26 Å². The summed E-state index contributed by atoms with van der Waals surface area (Å²) in [4.78, 5) is 13.2. The van der Waals surface area contributed by atoms with Crippen molar-refractivity contribution in [2.45, 2.75) is 39.2 Å². The van der Waals surface area contributed by atoms with Gasteiger partial charge in [-0.25, -0.2) is 0 Å². The molecule has 0 aromatic heterocycles. The number of nitrogens with two attached hydrogens (primary N) is 1. The zero-order valence-corrected chi connectivity index (χ0v) is 20.6. The first-order chi connectivity index (χ1) is 17.3. The van der Waals surface area contributed by atoms with E-state index < -0.39 is 5.92 Å². The molecular weight excluding hydrogens is 452 g/mol. The van der Waals surface area contributed by atoms with Gasteiger partial charge in [0.1, 0.15) is 24.0 Å². The van der Waals surface area contributed by atoms with Gasteiger partial charge >= 0.3 is 0 Å². The van der Waals surface area contributed by atoms with Crippen LogP contribution in [-0.2, 0) is 16.1 Å². The normalized spacial score (nSPS) is 18.9. The maximum absolute atomic E-state index is 13.2. The summed E-state index contributed by atoms with van der Waals surface area (Å²) in [7, 11) is 1.57. The SMILES string of the molecule is COc1cc(C2C(C#N)=C(N)OC3=C2C(=O)CC(C)(C)C3)ccc1OCc1cccc2ccccc12. The van der Waals surface area contributed by atoms with Gasteiger partial charge < -0.3 is 19.9 Å². The van der Waals surface area contributed by atoms with E-state index in [-0.39, 0.29) is 22.7 Å². The predicted molar refractivity (Wildman–Crippen MR) is 137 cm³/mol. The monoisotopic (exact) mass is 480 g/mol. The minimum absolute atomic E-state index is 0.0262. The highest BCUT2D eigenvalue weighted by Gasteiger charge is 2.43. The molecule has 6 heteroatoms. The number of ketones is 1. The molecule has 1 aliphatic carbocycles. The summed E-state index contributed by atoms with van der Waals surface area (Å²) in [6.07, 6.45) is 0.959. The van der Waals surface area contributed by atoms with Gasteiger partial charge in [0.2, 0.25) is 5.88 Å². The molecule has 0 radical (unpaired) electrons. The molecule has 2 aliphatic rings. The van der Waals surface area contributed by atoms with Crippen LogP contribution in [0.15, 0.2) is 83.5 Å². The van der Waals surface area contributed by atoms with Gasteiger partial charge in [0.05, 0.1) is 13.0 Å². The number of carbonyl (C=O) groups excluding carboxylic acids is 1. The number of Topliss-reactive ketones (excluding diaryl/α,β-unsaturated/α-hetero) is 1. The van der Waals surface area contributed by atoms with Gasteiger partial charge in [-0.2, -0.15) is 5.26 Å². The van der Waals surface area contributed by atoms with E-state index in [1.165, 1.54) is 0 Å². The molecule has 1 atom stereocenters. The number of nitriles is 1. The zero-order chi connectivity index (χ0) is 25.4. The highest BCUT2D eigenvalue weighted by Crippen LogP contribution is 2.48. The van der Waals surface area contributed by atoms with E-state index in [0.29, 0.717) is 42.3 Å². The van der Waals surface area contributed by atoms with Crippen LogP contribution in [0.1, 0.15) is 43.7 Å². The number of hydrogen-bond acceptors (Lipinski definition) is 6. The Morgan fingerprint density at radius 2 is 1.86 bits per heavy atom. The molecule has 0 saturated heterocycles. The fourth-order valence-electron chi connectivity index (χ4n) is 5.17. The lowest BCUT2D eigenvalue weighted by Crippen LogP contribution is -2.33.